The fourth-order valence-electron chi connectivity index (χ4n) is 3.01. The maximum absolute atomic E-state index is 12.6. The predicted molar refractivity (Wildman–Crippen MR) is 90.1 cm³/mol. The van der Waals surface area contributed by atoms with Crippen molar-refractivity contribution in [3.05, 3.63) is 27.7 Å². The third-order valence-electron chi connectivity index (χ3n) is 4.15. The molecule has 1 aromatic carbocycles. The Balaban J connectivity index is 2.18. The van der Waals surface area contributed by atoms with Gasteiger partial charge in [0.2, 0.25) is 10.0 Å². The van der Waals surface area contributed by atoms with Crippen molar-refractivity contribution < 1.29 is 8.42 Å². The summed E-state index contributed by atoms with van der Waals surface area (Å²) in [6, 6.07) is 4.84. The molecule has 3 nitrogen and oxygen atoms in total. The fraction of sp³-hybridized carbons (Fsp3) is 0.600. The lowest BCUT2D eigenvalue weighted by Crippen LogP contribution is -2.40. The lowest BCUT2D eigenvalue weighted by molar-refractivity contribution is 0.285. The van der Waals surface area contributed by atoms with Gasteiger partial charge in [0, 0.05) is 10.5 Å². The van der Waals surface area contributed by atoms with E-state index in [0.717, 1.165) is 23.7 Å². The quantitative estimate of drug-likeness (QED) is 0.784. The maximum atomic E-state index is 12.6. The van der Waals surface area contributed by atoms with Gasteiger partial charge in [0.1, 0.15) is 4.90 Å². The molecule has 0 aliphatic heterocycles. The minimum Gasteiger partial charge on any atom is -0.208 e. The van der Waals surface area contributed by atoms with E-state index in [0.29, 0.717) is 5.92 Å². The molecular weight excluding hydrogens is 374 g/mol. The molecule has 2 rings (SSSR count). The number of benzene rings is 1. The van der Waals surface area contributed by atoms with Gasteiger partial charge < -0.3 is 0 Å². The third-order valence-corrected chi connectivity index (χ3v) is 6.61. The van der Waals surface area contributed by atoms with Gasteiger partial charge in [0.05, 0.1) is 5.02 Å². The fourth-order valence-corrected chi connectivity index (χ4v) is 5.43. The van der Waals surface area contributed by atoms with Crippen LogP contribution < -0.4 is 4.72 Å². The van der Waals surface area contributed by atoms with Crippen LogP contribution in [0.5, 0.6) is 0 Å². The van der Waals surface area contributed by atoms with Crippen LogP contribution >= 0.6 is 27.5 Å². The van der Waals surface area contributed by atoms with Crippen LogP contribution in [-0.2, 0) is 10.0 Å². The summed E-state index contributed by atoms with van der Waals surface area (Å²) in [4.78, 5) is 0.154. The van der Waals surface area contributed by atoms with Crippen molar-refractivity contribution in [2.24, 2.45) is 5.92 Å². The SMILES string of the molecule is CCC(NS(=O)(=O)c1ccc(Br)cc1Cl)C1CCCCC1. The summed E-state index contributed by atoms with van der Waals surface area (Å²) < 4.78 is 28.8. The van der Waals surface area contributed by atoms with Crippen LogP contribution in [0.25, 0.3) is 0 Å². The van der Waals surface area contributed by atoms with E-state index in [9.17, 15) is 8.42 Å². The standard InChI is InChI=1S/C15H21BrClNO2S/c1-2-14(11-6-4-3-5-7-11)18-21(19,20)15-9-8-12(16)10-13(15)17/h8-11,14,18H,2-7H2,1H3. The van der Waals surface area contributed by atoms with Crippen molar-refractivity contribution in [2.45, 2.75) is 56.4 Å². The third kappa shape index (κ3) is 4.44. The second kappa shape index (κ2) is 7.44. The first-order chi connectivity index (χ1) is 9.94. The average molecular weight is 395 g/mol. The number of sulfonamides is 1. The zero-order valence-corrected chi connectivity index (χ0v) is 15.3. The molecule has 118 valence electrons. The minimum atomic E-state index is -3.57. The van der Waals surface area contributed by atoms with E-state index in [1.165, 1.54) is 19.3 Å². The van der Waals surface area contributed by atoms with Gasteiger partial charge in [-0.15, -0.1) is 0 Å². The van der Waals surface area contributed by atoms with Crippen LogP contribution in [0.1, 0.15) is 45.4 Å². The Kier molecular flexibility index (Phi) is 6.12. The van der Waals surface area contributed by atoms with Crippen LogP contribution in [0, 0.1) is 5.92 Å². The summed E-state index contributed by atoms with van der Waals surface area (Å²) in [5.41, 5.74) is 0. The van der Waals surface area contributed by atoms with E-state index in [1.54, 1.807) is 18.2 Å². The summed E-state index contributed by atoms with van der Waals surface area (Å²) in [6.45, 7) is 2.03. The Morgan fingerprint density at radius 1 is 1.33 bits per heavy atom. The molecule has 1 fully saturated rings. The molecule has 1 saturated carbocycles. The van der Waals surface area contributed by atoms with Crippen LogP contribution in [0.3, 0.4) is 0 Å². The predicted octanol–water partition coefficient (Wildman–Crippen LogP) is 4.74. The molecule has 0 heterocycles. The molecule has 0 saturated heterocycles. The Labute approximate surface area is 140 Å². The highest BCUT2D eigenvalue weighted by Gasteiger charge is 2.28. The zero-order valence-electron chi connectivity index (χ0n) is 12.1. The normalized spacial score (nSPS) is 18.6. The van der Waals surface area contributed by atoms with E-state index in [-0.39, 0.29) is 16.0 Å². The van der Waals surface area contributed by atoms with E-state index in [2.05, 4.69) is 20.7 Å². The molecule has 1 N–H and O–H groups in total. The van der Waals surface area contributed by atoms with Crippen molar-refractivity contribution in [2.75, 3.05) is 0 Å². The molecule has 0 amide bonds. The number of hydrogen-bond acceptors (Lipinski definition) is 2. The highest BCUT2D eigenvalue weighted by Crippen LogP contribution is 2.30. The second-order valence-corrected chi connectivity index (χ2v) is 8.61. The Bertz CT molecular complexity index is 585. The largest absolute Gasteiger partial charge is 0.242 e. The van der Waals surface area contributed by atoms with Gasteiger partial charge in [-0.3, -0.25) is 0 Å². The number of halogens is 2. The van der Waals surface area contributed by atoms with Crippen LogP contribution in [-0.4, -0.2) is 14.5 Å². The highest BCUT2D eigenvalue weighted by molar-refractivity contribution is 9.10. The van der Waals surface area contributed by atoms with Crippen LogP contribution in [0.4, 0.5) is 0 Å². The summed E-state index contributed by atoms with van der Waals surface area (Å²) >= 11 is 9.37. The molecule has 1 atom stereocenters. The maximum Gasteiger partial charge on any atom is 0.242 e. The van der Waals surface area contributed by atoms with Crippen molar-refractivity contribution in [3.8, 4) is 0 Å². The van der Waals surface area contributed by atoms with Gasteiger partial charge in [0.15, 0.2) is 0 Å². The Morgan fingerprint density at radius 2 is 2.00 bits per heavy atom. The smallest absolute Gasteiger partial charge is 0.208 e. The molecule has 21 heavy (non-hydrogen) atoms. The molecule has 0 spiro atoms. The topological polar surface area (TPSA) is 46.2 Å². The lowest BCUT2D eigenvalue weighted by atomic mass is 9.83. The van der Waals surface area contributed by atoms with E-state index in [4.69, 9.17) is 11.6 Å². The van der Waals surface area contributed by atoms with Crippen molar-refractivity contribution in [1.82, 2.24) is 4.72 Å². The van der Waals surface area contributed by atoms with Crippen LogP contribution in [0.15, 0.2) is 27.6 Å². The summed E-state index contributed by atoms with van der Waals surface area (Å²) in [6.07, 6.45) is 6.67. The number of nitrogens with one attached hydrogen (secondary N) is 1. The molecule has 6 heteroatoms. The molecule has 0 bridgehead atoms. The Hall–Kier alpha value is -0.100. The first-order valence-electron chi connectivity index (χ1n) is 7.41. The van der Waals surface area contributed by atoms with Gasteiger partial charge >= 0.3 is 0 Å². The van der Waals surface area contributed by atoms with Crippen LogP contribution in [0.2, 0.25) is 5.02 Å². The summed E-state index contributed by atoms with van der Waals surface area (Å²) in [5.74, 6) is 0.438. The molecule has 1 unspecified atom stereocenters. The van der Waals surface area contributed by atoms with Crippen molar-refractivity contribution in [3.63, 3.8) is 0 Å². The monoisotopic (exact) mass is 393 g/mol. The van der Waals surface area contributed by atoms with E-state index < -0.39 is 10.0 Å². The minimum absolute atomic E-state index is 0.00462. The summed E-state index contributed by atoms with van der Waals surface area (Å²) in [7, 11) is -3.57. The highest BCUT2D eigenvalue weighted by atomic mass is 79.9. The molecule has 1 aliphatic rings. The molecule has 1 aliphatic carbocycles. The average Bonchev–Trinajstić information content (AvgIpc) is 2.45. The van der Waals surface area contributed by atoms with Gasteiger partial charge in [-0.2, -0.15) is 0 Å². The zero-order chi connectivity index (χ0) is 15.5. The molecule has 1 aromatic rings. The van der Waals surface area contributed by atoms with Gasteiger partial charge in [-0.1, -0.05) is 53.7 Å². The number of rotatable bonds is 5. The molecular formula is C15H21BrClNO2S. The first-order valence-corrected chi connectivity index (χ1v) is 10.1. The Morgan fingerprint density at radius 3 is 2.57 bits per heavy atom. The van der Waals surface area contributed by atoms with Gasteiger partial charge in [0.25, 0.3) is 0 Å². The summed E-state index contributed by atoms with van der Waals surface area (Å²) in [5, 5.41) is 0.246. The molecule has 0 aromatic heterocycles. The molecule has 0 radical (unpaired) electrons. The van der Waals surface area contributed by atoms with Crippen molar-refractivity contribution in [1.29, 1.82) is 0 Å². The van der Waals surface area contributed by atoms with Gasteiger partial charge in [-0.25, -0.2) is 13.1 Å². The van der Waals surface area contributed by atoms with E-state index in [1.807, 2.05) is 6.92 Å². The van der Waals surface area contributed by atoms with E-state index >= 15 is 0 Å². The second-order valence-electron chi connectivity index (χ2n) is 5.61. The first kappa shape index (κ1) is 17.3. The number of hydrogen-bond donors (Lipinski definition) is 1. The van der Waals surface area contributed by atoms with Crippen molar-refractivity contribution >= 4 is 37.6 Å². The lowest BCUT2D eigenvalue weighted by Gasteiger charge is -2.30. The van der Waals surface area contributed by atoms with Gasteiger partial charge in [-0.05, 0) is 43.4 Å².